The molecule has 1 unspecified atom stereocenters. The SMILES string of the molecule is CCc1cc2n(n1)CC(CCO)CN2. The normalized spacial score (nSPS) is 20.3. The minimum Gasteiger partial charge on any atom is -0.396 e. The number of aliphatic hydroxyl groups is 1. The average Bonchev–Trinajstić information content (AvgIpc) is 2.60. The highest BCUT2D eigenvalue weighted by molar-refractivity contribution is 5.38. The molecule has 0 spiro atoms. The summed E-state index contributed by atoms with van der Waals surface area (Å²) in [6, 6.07) is 2.11. The van der Waals surface area contributed by atoms with Crippen LogP contribution in [0.4, 0.5) is 5.82 Å². The molecule has 0 saturated carbocycles. The Hall–Kier alpha value is -1.03. The van der Waals surface area contributed by atoms with E-state index in [4.69, 9.17) is 5.11 Å². The van der Waals surface area contributed by atoms with E-state index in [2.05, 4.69) is 23.4 Å². The van der Waals surface area contributed by atoms with E-state index in [-0.39, 0.29) is 6.61 Å². The number of fused-ring (bicyclic) bond motifs is 1. The monoisotopic (exact) mass is 195 g/mol. The van der Waals surface area contributed by atoms with E-state index in [9.17, 15) is 0 Å². The summed E-state index contributed by atoms with van der Waals surface area (Å²) in [5, 5.41) is 16.7. The van der Waals surface area contributed by atoms with Crippen LogP contribution in [0, 0.1) is 5.92 Å². The van der Waals surface area contributed by atoms with Gasteiger partial charge in [-0.15, -0.1) is 0 Å². The number of anilines is 1. The molecule has 0 amide bonds. The first-order valence-corrected chi connectivity index (χ1v) is 5.25. The molecule has 4 heteroatoms. The van der Waals surface area contributed by atoms with Crippen molar-refractivity contribution in [2.45, 2.75) is 26.3 Å². The number of aliphatic hydroxyl groups excluding tert-OH is 1. The molecular weight excluding hydrogens is 178 g/mol. The van der Waals surface area contributed by atoms with Gasteiger partial charge in [0.25, 0.3) is 0 Å². The molecule has 1 aromatic rings. The van der Waals surface area contributed by atoms with Crippen LogP contribution in [0.2, 0.25) is 0 Å². The van der Waals surface area contributed by atoms with Gasteiger partial charge in [0.2, 0.25) is 0 Å². The summed E-state index contributed by atoms with van der Waals surface area (Å²) >= 11 is 0. The third-order valence-electron chi connectivity index (χ3n) is 2.73. The standard InChI is InChI=1S/C10H17N3O/c1-2-9-5-10-11-6-8(3-4-14)7-13(10)12-9/h5,8,11,14H,2-4,6-7H2,1H3. The number of nitrogens with one attached hydrogen (secondary N) is 1. The zero-order valence-electron chi connectivity index (χ0n) is 8.53. The number of aromatic nitrogens is 2. The maximum absolute atomic E-state index is 8.86. The maximum Gasteiger partial charge on any atom is 0.124 e. The van der Waals surface area contributed by atoms with Gasteiger partial charge in [-0.2, -0.15) is 5.10 Å². The second-order valence-corrected chi connectivity index (χ2v) is 3.82. The Morgan fingerprint density at radius 1 is 1.71 bits per heavy atom. The Kier molecular flexibility index (Phi) is 2.72. The summed E-state index contributed by atoms with van der Waals surface area (Å²) in [5.41, 5.74) is 1.14. The third kappa shape index (κ3) is 1.75. The van der Waals surface area contributed by atoms with Crippen LogP contribution in [0.1, 0.15) is 19.0 Å². The fourth-order valence-corrected chi connectivity index (χ4v) is 1.86. The Labute approximate surface area is 83.9 Å². The van der Waals surface area contributed by atoms with Crippen LogP contribution < -0.4 is 5.32 Å². The quantitative estimate of drug-likeness (QED) is 0.752. The van der Waals surface area contributed by atoms with Crippen molar-refractivity contribution in [2.24, 2.45) is 5.92 Å². The van der Waals surface area contributed by atoms with E-state index < -0.39 is 0 Å². The molecule has 78 valence electrons. The summed E-state index contributed by atoms with van der Waals surface area (Å²) < 4.78 is 2.02. The van der Waals surface area contributed by atoms with Gasteiger partial charge in [-0.1, -0.05) is 6.92 Å². The number of nitrogens with zero attached hydrogens (tertiary/aromatic N) is 2. The Balaban J connectivity index is 2.09. The lowest BCUT2D eigenvalue weighted by molar-refractivity contribution is 0.244. The maximum atomic E-state index is 8.86. The van der Waals surface area contributed by atoms with Crippen molar-refractivity contribution in [3.8, 4) is 0 Å². The smallest absolute Gasteiger partial charge is 0.124 e. The van der Waals surface area contributed by atoms with Crippen LogP contribution in [0.25, 0.3) is 0 Å². The first-order valence-electron chi connectivity index (χ1n) is 5.25. The molecule has 1 atom stereocenters. The van der Waals surface area contributed by atoms with E-state index in [1.807, 2.05) is 4.68 Å². The molecule has 1 aliphatic heterocycles. The highest BCUT2D eigenvalue weighted by Crippen LogP contribution is 2.20. The van der Waals surface area contributed by atoms with Gasteiger partial charge in [0.15, 0.2) is 0 Å². The van der Waals surface area contributed by atoms with Crippen molar-refractivity contribution in [2.75, 3.05) is 18.5 Å². The molecule has 14 heavy (non-hydrogen) atoms. The van der Waals surface area contributed by atoms with Crippen molar-refractivity contribution in [3.05, 3.63) is 11.8 Å². The lowest BCUT2D eigenvalue weighted by Crippen LogP contribution is -2.28. The zero-order chi connectivity index (χ0) is 9.97. The van der Waals surface area contributed by atoms with Crippen LogP contribution >= 0.6 is 0 Å². The number of rotatable bonds is 3. The van der Waals surface area contributed by atoms with Crippen molar-refractivity contribution in [1.29, 1.82) is 0 Å². The van der Waals surface area contributed by atoms with Crippen molar-refractivity contribution in [3.63, 3.8) is 0 Å². The molecule has 2 heterocycles. The largest absolute Gasteiger partial charge is 0.396 e. The van der Waals surface area contributed by atoms with E-state index in [0.29, 0.717) is 5.92 Å². The topological polar surface area (TPSA) is 50.1 Å². The highest BCUT2D eigenvalue weighted by atomic mass is 16.3. The fraction of sp³-hybridized carbons (Fsp3) is 0.700. The minimum absolute atomic E-state index is 0.267. The Morgan fingerprint density at radius 3 is 3.29 bits per heavy atom. The van der Waals surface area contributed by atoms with Crippen LogP contribution in [-0.4, -0.2) is 28.0 Å². The Bertz CT molecular complexity index is 308. The molecule has 1 aromatic heterocycles. The van der Waals surface area contributed by atoms with E-state index in [1.54, 1.807) is 0 Å². The van der Waals surface area contributed by atoms with Gasteiger partial charge in [0.05, 0.1) is 5.69 Å². The van der Waals surface area contributed by atoms with Crippen LogP contribution in [-0.2, 0) is 13.0 Å². The molecule has 0 saturated heterocycles. The lowest BCUT2D eigenvalue weighted by atomic mass is 10.1. The third-order valence-corrected chi connectivity index (χ3v) is 2.73. The zero-order valence-corrected chi connectivity index (χ0v) is 8.53. The second-order valence-electron chi connectivity index (χ2n) is 3.82. The molecule has 2 rings (SSSR count). The molecule has 0 radical (unpaired) electrons. The van der Waals surface area contributed by atoms with Gasteiger partial charge < -0.3 is 10.4 Å². The van der Waals surface area contributed by atoms with Gasteiger partial charge in [-0.25, -0.2) is 4.68 Å². The average molecular weight is 195 g/mol. The van der Waals surface area contributed by atoms with E-state index in [0.717, 1.165) is 37.4 Å². The van der Waals surface area contributed by atoms with Gasteiger partial charge >= 0.3 is 0 Å². The van der Waals surface area contributed by atoms with Crippen LogP contribution in [0.15, 0.2) is 6.07 Å². The predicted octanol–water partition coefficient (Wildman–Crippen LogP) is 0.870. The second kappa shape index (κ2) is 4.00. The molecule has 0 aliphatic carbocycles. The molecular formula is C10H17N3O. The van der Waals surface area contributed by atoms with Gasteiger partial charge in [0, 0.05) is 25.8 Å². The van der Waals surface area contributed by atoms with Crippen molar-refractivity contribution < 1.29 is 5.11 Å². The van der Waals surface area contributed by atoms with Gasteiger partial charge in [0.1, 0.15) is 5.82 Å². The molecule has 2 N–H and O–H groups in total. The molecule has 0 bridgehead atoms. The first kappa shape index (κ1) is 9.52. The van der Waals surface area contributed by atoms with Crippen LogP contribution in [0.5, 0.6) is 0 Å². The summed E-state index contributed by atoms with van der Waals surface area (Å²) in [6.07, 6.45) is 1.83. The summed E-state index contributed by atoms with van der Waals surface area (Å²) in [7, 11) is 0. The molecule has 1 aliphatic rings. The highest BCUT2D eigenvalue weighted by Gasteiger charge is 2.18. The number of hydrogen-bond acceptors (Lipinski definition) is 3. The van der Waals surface area contributed by atoms with E-state index >= 15 is 0 Å². The number of aryl methyl sites for hydroxylation is 1. The summed E-state index contributed by atoms with van der Waals surface area (Å²) in [4.78, 5) is 0. The summed E-state index contributed by atoms with van der Waals surface area (Å²) in [6.45, 7) is 4.27. The lowest BCUT2D eigenvalue weighted by Gasteiger charge is -2.24. The summed E-state index contributed by atoms with van der Waals surface area (Å²) in [5.74, 6) is 1.63. The molecule has 4 nitrogen and oxygen atoms in total. The Morgan fingerprint density at radius 2 is 2.57 bits per heavy atom. The fourth-order valence-electron chi connectivity index (χ4n) is 1.86. The van der Waals surface area contributed by atoms with Gasteiger partial charge in [-0.05, 0) is 18.8 Å². The first-order chi connectivity index (χ1) is 6.83. The predicted molar refractivity (Wildman–Crippen MR) is 55.3 cm³/mol. The number of hydrogen-bond donors (Lipinski definition) is 2. The minimum atomic E-state index is 0.267. The molecule has 0 fully saturated rings. The van der Waals surface area contributed by atoms with Crippen molar-refractivity contribution in [1.82, 2.24) is 9.78 Å². The van der Waals surface area contributed by atoms with Crippen LogP contribution in [0.3, 0.4) is 0 Å². The van der Waals surface area contributed by atoms with Gasteiger partial charge in [-0.3, -0.25) is 0 Å². The van der Waals surface area contributed by atoms with Crippen molar-refractivity contribution >= 4 is 5.82 Å². The van der Waals surface area contributed by atoms with E-state index in [1.165, 1.54) is 0 Å². The molecule has 0 aromatic carbocycles.